The third-order valence-corrected chi connectivity index (χ3v) is 3.93. The van der Waals surface area contributed by atoms with Crippen molar-refractivity contribution in [2.75, 3.05) is 0 Å². The molecule has 2 unspecified atom stereocenters. The van der Waals surface area contributed by atoms with Gasteiger partial charge < -0.3 is 0 Å². The Morgan fingerprint density at radius 1 is 1.53 bits per heavy atom. The van der Waals surface area contributed by atoms with Gasteiger partial charge in [0.1, 0.15) is 5.82 Å². The molecule has 1 aliphatic rings. The van der Waals surface area contributed by atoms with E-state index in [2.05, 4.69) is 13.0 Å². The lowest BCUT2D eigenvalue weighted by Crippen LogP contribution is -2.18. The molecule has 1 saturated carbocycles. The van der Waals surface area contributed by atoms with Crippen molar-refractivity contribution in [1.82, 2.24) is 0 Å². The lowest BCUT2D eigenvalue weighted by molar-refractivity contribution is 0.390. The Labute approximate surface area is 102 Å². The summed E-state index contributed by atoms with van der Waals surface area (Å²) >= 11 is 0. The Bertz CT molecular complexity index is 460. The van der Waals surface area contributed by atoms with Crippen LogP contribution in [0, 0.1) is 35.4 Å². The van der Waals surface area contributed by atoms with Gasteiger partial charge in [0.2, 0.25) is 0 Å². The highest BCUT2D eigenvalue weighted by atomic mass is 19.1. The molecular weight excluding hydrogens is 213 g/mol. The highest BCUT2D eigenvalue weighted by Gasteiger charge is 2.37. The number of rotatable bonds is 2. The number of benzene rings is 1. The molecule has 0 spiro atoms. The monoisotopic (exact) mass is 231 g/mol. The van der Waals surface area contributed by atoms with Crippen LogP contribution in [0.5, 0.6) is 0 Å². The van der Waals surface area contributed by atoms with Crippen molar-refractivity contribution in [2.24, 2.45) is 11.3 Å². The summed E-state index contributed by atoms with van der Waals surface area (Å²) in [5.74, 6) is 0.437. The van der Waals surface area contributed by atoms with E-state index >= 15 is 0 Å². The molecule has 17 heavy (non-hydrogen) atoms. The molecule has 0 amide bonds. The zero-order chi connectivity index (χ0) is 12.5. The molecule has 1 aromatic carbocycles. The maximum Gasteiger partial charge on any atom is 0.123 e. The van der Waals surface area contributed by atoms with Crippen LogP contribution in [-0.4, -0.2) is 0 Å². The molecule has 1 aromatic rings. The van der Waals surface area contributed by atoms with Crippen molar-refractivity contribution >= 4 is 0 Å². The molecular formula is C15H18FN. The quantitative estimate of drug-likeness (QED) is 0.754. The SMILES string of the molecule is Cc1cc(F)ccc1CC1(C#N)CCC(C)C1. The van der Waals surface area contributed by atoms with Gasteiger partial charge in [0, 0.05) is 0 Å². The molecule has 2 rings (SSSR count). The largest absolute Gasteiger partial charge is 0.207 e. The third-order valence-electron chi connectivity index (χ3n) is 3.93. The van der Waals surface area contributed by atoms with Crippen LogP contribution in [0.4, 0.5) is 4.39 Å². The van der Waals surface area contributed by atoms with E-state index in [-0.39, 0.29) is 11.2 Å². The maximum atomic E-state index is 13.0. The number of hydrogen-bond acceptors (Lipinski definition) is 1. The van der Waals surface area contributed by atoms with Gasteiger partial charge in [0.05, 0.1) is 11.5 Å². The molecule has 2 heteroatoms. The molecule has 1 fully saturated rings. The van der Waals surface area contributed by atoms with Crippen LogP contribution in [0.25, 0.3) is 0 Å². The summed E-state index contributed by atoms with van der Waals surface area (Å²) in [6.07, 6.45) is 3.84. The van der Waals surface area contributed by atoms with Gasteiger partial charge in [-0.2, -0.15) is 5.26 Å². The van der Waals surface area contributed by atoms with Gasteiger partial charge in [-0.05, 0) is 61.8 Å². The fourth-order valence-corrected chi connectivity index (χ4v) is 2.92. The second-order valence-electron chi connectivity index (χ2n) is 5.49. The topological polar surface area (TPSA) is 23.8 Å². The van der Waals surface area contributed by atoms with Crippen molar-refractivity contribution in [3.8, 4) is 6.07 Å². The smallest absolute Gasteiger partial charge is 0.123 e. The molecule has 0 heterocycles. The maximum absolute atomic E-state index is 13.0. The van der Waals surface area contributed by atoms with Gasteiger partial charge in [0.25, 0.3) is 0 Å². The van der Waals surface area contributed by atoms with Crippen molar-refractivity contribution < 1.29 is 4.39 Å². The average Bonchev–Trinajstić information content (AvgIpc) is 2.65. The lowest BCUT2D eigenvalue weighted by Gasteiger charge is -2.21. The molecule has 0 saturated heterocycles. The predicted molar refractivity (Wildman–Crippen MR) is 65.9 cm³/mol. The standard InChI is InChI=1S/C15H18FN/c1-11-5-6-15(8-11,10-17)9-13-3-4-14(16)7-12(13)2/h3-4,7,11H,5-6,8-9H2,1-2H3. The third kappa shape index (κ3) is 2.49. The predicted octanol–water partition coefficient (Wildman–Crippen LogP) is 4.01. The van der Waals surface area contributed by atoms with E-state index in [0.29, 0.717) is 5.92 Å². The number of nitrogens with zero attached hydrogens (tertiary/aromatic N) is 1. The van der Waals surface area contributed by atoms with Crippen LogP contribution in [0.1, 0.15) is 37.3 Å². The zero-order valence-corrected chi connectivity index (χ0v) is 10.5. The van der Waals surface area contributed by atoms with E-state index in [9.17, 15) is 9.65 Å². The number of halogens is 1. The minimum absolute atomic E-state index is 0.197. The Kier molecular flexibility index (Phi) is 3.19. The minimum atomic E-state index is -0.220. The number of hydrogen-bond donors (Lipinski definition) is 0. The van der Waals surface area contributed by atoms with E-state index in [1.165, 1.54) is 6.07 Å². The van der Waals surface area contributed by atoms with Crippen molar-refractivity contribution in [1.29, 1.82) is 5.26 Å². The second-order valence-corrected chi connectivity index (χ2v) is 5.49. The van der Waals surface area contributed by atoms with Crippen LogP contribution in [0.3, 0.4) is 0 Å². The molecule has 0 bridgehead atoms. The first-order valence-electron chi connectivity index (χ1n) is 6.21. The summed E-state index contributed by atoms with van der Waals surface area (Å²) in [4.78, 5) is 0. The highest BCUT2D eigenvalue weighted by Crippen LogP contribution is 2.43. The molecule has 0 N–H and O–H groups in total. The summed E-state index contributed by atoms with van der Waals surface area (Å²) in [5.41, 5.74) is 1.85. The van der Waals surface area contributed by atoms with Crippen molar-refractivity contribution in [3.05, 3.63) is 35.1 Å². The first-order valence-corrected chi connectivity index (χ1v) is 6.21. The van der Waals surface area contributed by atoms with Crippen LogP contribution in [0.15, 0.2) is 18.2 Å². The van der Waals surface area contributed by atoms with Gasteiger partial charge in [-0.3, -0.25) is 0 Å². The van der Waals surface area contributed by atoms with E-state index in [1.807, 2.05) is 13.0 Å². The Morgan fingerprint density at radius 2 is 2.29 bits per heavy atom. The van der Waals surface area contributed by atoms with Gasteiger partial charge in [-0.15, -0.1) is 0 Å². The molecule has 2 atom stereocenters. The van der Waals surface area contributed by atoms with E-state index < -0.39 is 0 Å². The van der Waals surface area contributed by atoms with Crippen LogP contribution >= 0.6 is 0 Å². The summed E-state index contributed by atoms with van der Waals surface area (Å²) in [6.45, 7) is 4.12. The molecule has 0 aromatic heterocycles. The molecule has 1 nitrogen and oxygen atoms in total. The van der Waals surface area contributed by atoms with Crippen molar-refractivity contribution in [3.63, 3.8) is 0 Å². The number of aryl methyl sites for hydroxylation is 1. The lowest BCUT2D eigenvalue weighted by atomic mass is 9.80. The fraction of sp³-hybridized carbons (Fsp3) is 0.533. The minimum Gasteiger partial charge on any atom is -0.207 e. The Balaban J connectivity index is 2.22. The van der Waals surface area contributed by atoms with E-state index in [4.69, 9.17) is 0 Å². The Hall–Kier alpha value is -1.36. The highest BCUT2D eigenvalue weighted by molar-refractivity contribution is 5.29. The van der Waals surface area contributed by atoms with Gasteiger partial charge in [-0.1, -0.05) is 13.0 Å². The fourth-order valence-electron chi connectivity index (χ4n) is 2.92. The molecule has 1 aliphatic carbocycles. The number of nitriles is 1. The summed E-state index contributed by atoms with van der Waals surface area (Å²) in [7, 11) is 0. The van der Waals surface area contributed by atoms with Gasteiger partial charge in [-0.25, -0.2) is 4.39 Å². The second kappa shape index (κ2) is 4.49. The molecule has 90 valence electrons. The summed E-state index contributed by atoms with van der Waals surface area (Å²) in [5, 5.41) is 9.42. The first kappa shape index (κ1) is 12.1. The van der Waals surface area contributed by atoms with Crippen molar-refractivity contribution in [2.45, 2.75) is 39.5 Å². The molecule has 0 aliphatic heterocycles. The van der Waals surface area contributed by atoms with E-state index in [1.54, 1.807) is 6.07 Å². The average molecular weight is 231 g/mol. The van der Waals surface area contributed by atoms with E-state index in [0.717, 1.165) is 36.8 Å². The Morgan fingerprint density at radius 3 is 2.82 bits per heavy atom. The normalized spacial score (nSPS) is 28.0. The van der Waals surface area contributed by atoms with Crippen LogP contribution in [0.2, 0.25) is 0 Å². The van der Waals surface area contributed by atoms with Crippen LogP contribution in [-0.2, 0) is 6.42 Å². The first-order chi connectivity index (χ1) is 8.04. The van der Waals surface area contributed by atoms with Gasteiger partial charge >= 0.3 is 0 Å². The summed E-state index contributed by atoms with van der Waals surface area (Å²) in [6, 6.07) is 7.38. The van der Waals surface area contributed by atoms with Crippen LogP contribution < -0.4 is 0 Å². The zero-order valence-electron chi connectivity index (χ0n) is 10.5. The molecule has 0 radical (unpaired) electrons. The summed E-state index contributed by atoms with van der Waals surface area (Å²) < 4.78 is 13.0. The van der Waals surface area contributed by atoms with Gasteiger partial charge in [0.15, 0.2) is 0 Å².